The maximum atomic E-state index is 5.58. The number of rotatable bonds is 3. The van der Waals surface area contributed by atoms with E-state index in [1.807, 2.05) is 12.1 Å². The molecule has 4 rings (SSSR count). The monoisotopic (exact) mass is 281 g/mol. The summed E-state index contributed by atoms with van der Waals surface area (Å²) < 4.78 is 6.81. The molecule has 100 valence electrons. The number of thiazole rings is 1. The predicted molar refractivity (Wildman–Crippen MR) is 83.6 cm³/mol. The summed E-state index contributed by atoms with van der Waals surface area (Å²) >= 11 is 1.75. The molecule has 3 aromatic rings. The zero-order valence-corrected chi connectivity index (χ0v) is 12.1. The molecule has 3 heteroatoms. The number of aromatic nitrogens is 1. The smallest absolute Gasteiger partial charge is 0.129 e. The van der Waals surface area contributed by atoms with Crippen molar-refractivity contribution < 1.29 is 4.74 Å². The quantitative estimate of drug-likeness (QED) is 0.684. The minimum atomic E-state index is 0.687. The molecule has 0 saturated heterocycles. The fourth-order valence-corrected chi connectivity index (χ4v) is 3.70. The van der Waals surface area contributed by atoms with E-state index in [4.69, 9.17) is 9.72 Å². The van der Waals surface area contributed by atoms with Crippen LogP contribution >= 0.6 is 11.3 Å². The number of ether oxygens (including phenoxy) is 1. The van der Waals surface area contributed by atoms with E-state index >= 15 is 0 Å². The van der Waals surface area contributed by atoms with E-state index in [0.29, 0.717) is 5.92 Å². The van der Waals surface area contributed by atoms with Crippen LogP contribution in [0.15, 0.2) is 42.5 Å². The van der Waals surface area contributed by atoms with Gasteiger partial charge in [0.1, 0.15) is 10.8 Å². The van der Waals surface area contributed by atoms with E-state index in [-0.39, 0.29) is 0 Å². The summed E-state index contributed by atoms with van der Waals surface area (Å²) in [6.07, 6.45) is 2.57. The van der Waals surface area contributed by atoms with E-state index in [9.17, 15) is 0 Å². The van der Waals surface area contributed by atoms with E-state index in [2.05, 4.69) is 30.3 Å². The summed E-state index contributed by atoms with van der Waals surface area (Å²) in [4.78, 5) is 4.80. The minimum Gasteiger partial charge on any atom is -0.496 e. The van der Waals surface area contributed by atoms with Crippen LogP contribution in [0.4, 0.5) is 0 Å². The Kier molecular flexibility index (Phi) is 2.74. The fourth-order valence-electron chi connectivity index (χ4n) is 2.66. The molecule has 2 nitrogen and oxygen atoms in total. The number of methoxy groups -OCH3 is 1. The molecule has 1 fully saturated rings. The molecule has 0 N–H and O–H groups in total. The van der Waals surface area contributed by atoms with Crippen molar-refractivity contribution in [2.45, 2.75) is 18.8 Å². The molecule has 1 aromatic heterocycles. The Balaban J connectivity index is 1.95. The molecule has 1 saturated carbocycles. The second-order valence-corrected chi connectivity index (χ2v) is 6.22. The maximum absolute atomic E-state index is 5.58. The van der Waals surface area contributed by atoms with Crippen molar-refractivity contribution in [3.05, 3.63) is 48.0 Å². The zero-order chi connectivity index (χ0) is 13.5. The summed E-state index contributed by atoms with van der Waals surface area (Å²) in [5.74, 6) is 1.63. The second kappa shape index (κ2) is 4.60. The molecule has 0 aliphatic heterocycles. The van der Waals surface area contributed by atoms with Gasteiger partial charge in [0.05, 0.1) is 22.9 Å². The lowest BCUT2D eigenvalue weighted by molar-refractivity contribution is 0.416. The molecule has 0 unspecified atom stereocenters. The number of para-hydroxylation sites is 1. The largest absolute Gasteiger partial charge is 0.496 e. The van der Waals surface area contributed by atoms with E-state index < -0.39 is 0 Å². The number of hydrogen-bond acceptors (Lipinski definition) is 3. The van der Waals surface area contributed by atoms with Crippen molar-refractivity contribution in [2.75, 3.05) is 7.11 Å². The van der Waals surface area contributed by atoms with E-state index in [1.165, 1.54) is 28.7 Å². The van der Waals surface area contributed by atoms with Crippen molar-refractivity contribution in [3.8, 4) is 16.3 Å². The number of nitrogens with zero attached hydrogens (tertiary/aromatic N) is 1. The molecular weight excluding hydrogens is 266 g/mol. The van der Waals surface area contributed by atoms with Crippen molar-refractivity contribution in [3.63, 3.8) is 0 Å². The SMILES string of the molecule is COc1cccc(C2CC2)c1-c1nc2ccccc2s1. The normalized spacial score (nSPS) is 14.7. The van der Waals surface area contributed by atoms with Gasteiger partial charge in [-0.1, -0.05) is 24.3 Å². The summed E-state index contributed by atoms with van der Waals surface area (Å²) in [6, 6.07) is 14.6. The van der Waals surface area contributed by atoms with Gasteiger partial charge < -0.3 is 4.74 Å². The van der Waals surface area contributed by atoms with Crippen LogP contribution in [0.1, 0.15) is 24.3 Å². The minimum absolute atomic E-state index is 0.687. The van der Waals surface area contributed by atoms with Crippen LogP contribution < -0.4 is 4.74 Å². The van der Waals surface area contributed by atoms with Gasteiger partial charge in [0.25, 0.3) is 0 Å². The lowest BCUT2D eigenvalue weighted by Gasteiger charge is -2.11. The average Bonchev–Trinajstić information content (AvgIpc) is 3.25. The van der Waals surface area contributed by atoms with Crippen LogP contribution in [0.2, 0.25) is 0 Å². The first-order valence-corrected chi connectivity index (χ1v) is 7.71. The van der Waals surface area contributed by atoms with Gasteiger partial charge in [-0.2, -0.15) is 0 Å². The molecule has 2 aromatic carbocycles. The molecule has 0 atom stereocenters. The van der Waals surface area contributed by atoms with Gasteiger partial charge in [0.2, 0.25) is 0 Å². The Morgan fingerprint density at radius 3 is 2.70 bits per heavy atom. The Morgan fingerprint density at radius 2 is 1.95 bits per heavy atom. The number of fused-ring (bicyclic) bond motifs is 1. The van der Waals surface area contributed by atoms with Gasteiger partial charge in [-0.25, -0.2) is 4.98 Å². The van der Waals surface area contributed by atoms with Gasteiger partial charge in [-0.15, -0.1) is 11.3 Å². The molecule has 1 aliphatic carbocycles. The van der Waals surface area contributed by atoms with Gasteiger partial charge in [-0.05, 0) is 42.5 Å². The van der Waals surface area contributed by atoms with Crippen LogP contribution in [-0.2, 0) is 0 Å². The van der Waals surface area contributed by atoms with Crippen LogP contribution in [0.25, 0.3) is 20.8 Å². The fraction of sp³-hybridized carbons (Fsp3) is 0.235. The van der Waals surface area contributed by atoms with Crippen molar-refractivity contribution in [1.82, 2.24) is 4.98 Å². The van der Waals surface area contributed by atoms with Gasteiger partial charge in [-0.3, -0.25) is 0 Å². The summed E-state index contributed by atoms with van der Waals surface area (Å²) in [5.41, 5.74) is 3.65. The standard InChI is InChI=1S/C17H15NOS/c1-19-14-7-4-5-12(11-9-10-11)16(14)17-18-13-6-2-3-8-15(13)20-17/h2-8,11H,9-10H2,1H3. The van der Waals surface area contributed by atoms with Crippen LogP contribution in [0.5, 0.6) is 5.75 Å². The van der Waals surface area contributed by atoms with Crippen LogP contribution in [-0.4, -0.2) is 12.1 Å². The second-order valence-electron chi connectivity index (χ2n) is 5.19. The Hall–Kier alpha value is -1.87. The Bertz CT molecular complexity index is 741. The molecule has 0 radical (unpaired) electrons. The molecule has 0 spiro atoms. The van der Waals surface area contributed by atoms with Crippen LogP contribution in [0.3, 0.4) is 0 Å². The predicted octanol–water partition coefficient (Wildman–Crippen LogP) is 4.85. The highest BCUT2D eigenvalue weighted by atomic mass is 32.1. The first-order chi connectivity index (χ1) is 9.86. The highest BCUT2D eigenvalue weighted by Gasteiger charge is 2.29. The van der Waals surface area contributed by atoms with E-state index in [0.717, 1.165) is 16.3 Å². The first kappa shape index (κ1) is 11.9. The molecule has 1 aliphatic rings. The topological polar surface area (TPSA) is 22.1 Å². The Morgan fingerprint density at radius 1 is 1.10 bits per heavy atom. The zero-order valence-electron chi connectivity index (χ0n) is 11.3. The highest BCUT2D eigenvalue weighted by Crippen LogP contribution is 2.48. The summed E-state index contributed by atoms with van der Waals surface area (Å²) in [6.45, 7) is 0. The molecule has 0 amide bonds. The molecule has 1 heterocycles. The first-order valence-electron chi connectivity index (χ1n) is 6.89. The third kappa shape index (κ3) is 1.90. The van der Waals surface area contributed by atoms with Crippen molar-refractivity contribution >= 4 is 21.6 Å². The lowest BCUT2D eigenvalue weighted by Crippen LogP contribution is -1.92. The van der Waals surface area contributed by atoms with Gasteiger partial charge in [0, 0.05) is 0 Å². The Labute approximate surface area is 122 Å². The lowest BCUT2D eigenvalue weighted by atomic mass is 10.0. The van der Waals surface area contributed by atoms with Gasteiger partial charge >= 0.3 is 0 Å². The summed E-state index contributed by atoms with van der Waals surface area (Å²) in [7, 11) is 1.74. The van der Waals surface area contributed by atoms with Crippen molar-refractivity contribution in [1.29, 1.82) is 0 Å². The number of benzene rings is 2. The third-order valence-corrected chi connectivity index (χ3v) is 4.86. The average molecular weight is 281 g/mol. The molecular formula is C17H15NOS. The van der Waals surface area contributed by atoms with Crippen LogP contribution in [0, 0.1) is 0 Å². The van der Waals surface area contributed by atoms with Crippen molar-refractivity contribution in [2.24, 2.45) is 0 Å². The maximum Gasteiger partial charge on any atom is 0.129 e. The third-order valence-electron chi connectivity index (χ3n) is 3.80. The number of hydrogen-bond donors (Lipinski definition) is 0. The highest BCUT2D eigenvalue weighted by molar-refractivity contribution is 7.21. The molecule has 20 heavy (non-hydrogen) atoms. The van der Waals surface area contributed by atoms with E-state index in [1.54, 1.807) is 18.4 Å². The van der Waals surface area contributed by atoms with Gasteiger partial charge in [0.15, 0.2) is 0 Å². The molecule has 0 bridgehead atoms. The summed E-state index contributed by atoms with van der Waals surface area (Å²) in [5, 5.41) is 1.07.